The van der Waals surface area contributed by atoms with Crippen LogP contribution in [0.15, 0.2) is 12.4 Å². The number of piperidine rings is 1. The van der Waals surface area contributed by atoms with E-state index in [1.165, 1.54) is 4.90 Å². The standard InChI is InChI=1S/C19H31N5O2/c1-15(2)5-13-24-18(26)23(12-4-11-22-14-10-21-16(22)3)17(25)19(24)6-8-20-9-7-19/h10,14-15,20H,4-9,11-13H2,1-3H3. The lowest BCUT2D eigenvalue weighted by Crippen LogP contribution is -2.56. The topological polar surface area (TPSA) is 70.5 Å². The van der Waals surface area contributed by atoms with Gasteiger partial charge < -0.3 is 14.8 Å². The Balaban J connectivity index is 1.70. The highest BCUT2D eigenvalue weighted by Crippen LogP contribution is 2.36. The third-order valence-electron chi connectivity index (χ3n) is 5.69. The van der Waals surface area contributed by atoms with Crippen molar-refractivity contribution in [2.45, 2.75) is 58.5 Å². The van der Waals surface area contributed by atoms with Crippen LogP contribution in [-0.2, 0) is 11.3 Å². The van der Waals surface area contributed by atoms with Crippen LogP contribution in [0.25, 0.3) is 0 Å². The van der Waals surface area contributed by atoms with Crippen molar-refractivity contribution >= 4 is 11.9 Å². The molecule has 3 rings (SSSR count). The van der Waals surface area contributed by atoms with E-state index in [9.17, 15) is 9.59 Å². The predicted octanol–water partition coefficient (Wildman–Crippen LogP) is 2.01. The number of imide groups is 1. The fourth-order valence-corrected chi connectivity index (χ4v) is 4.04. The number of hydrogen-bond donors (Lipinski definition) is 1. The Morgan fingerprint density at radius 2 is 1.92 bits per heavy atom. The summed E-state index contributed by atoms with van der Waals surface area (Å²) in [5, 5.41) is 3.32. The maximum atomic E-state index is 13.2. The van der Waals surface area contributed by atoms with Crippen LogP contribution in [0.5, 0.6) is 0 Å². The Morgan fingerprint density at radius 3 is 2.54 bits per heavy atom. The third-order valence-corrected chi connectivity index (χ3v) is 5.69. The Kier molecular flexibility index (Phi) is 5.65. The SMILES string of the molecule is Cc1nccn1CCCN1C(=O)N(CCC(C)C)C2(CCNCC2)C1=O. The summed E-state index contributed by atoms with van der Waals surface area (Å²) in [6, 6.07) is -0.0973. The minimum atomic E-state index is -0.623. The van der Waals surface area contributed by atoms with Crippen molar-refractivity contribution in [2.75, 3.05) is 26.2 Å². The average Bonchev–Trinajstić information content (AvgIpc) is 3.10. The first-order chi connectivity index (χ1) is 12.5. The number of nitrogens with one attached hydrogen (secondary N) is 1. The highest BCUT2D eigenvalue weighted by Gasteiger charge is 2.56. The fourth-order valence-electron chi connectivity index (χ4n) is 4.04. The number of hydrogen-bond acceptors (Lipinski definition) is 4. The number of aromatic nitrogens is 2. The molecule has 0 bridgehead atoms. The summed E-state index contributed by atoms with van der Waals surface area (Å²) in [6.45, 7) is 9.76. The molecule has 144 valence electrons. The summed E-state index contributed by atoms with van der Waals surface area (Å²) in [7, 11) is 0. The number of carbonyl (C=O) groups is 2. The molecule has 2 fully saturated rings. The summed E-state index contributed by atoms with van der Waals surface area (Å²) in [4.78, 5) is 33.9. The molecule has 2 aliphatic rings. The van der Waals surface area contributed by atoms with Crippen LogP contribution in [0.3, 0.4) is 0 Å². The van der Waals surface area contributed by atoms with Crippen LogP contribution in [0.1, 0.15) is 45.4 Å². The van der Waals surface area contributed by atoms with E-state index in [1.54, 1.807) is 6.20 Å². The summed E-state index contributed by atoms with van der Waals surface area (Å²) >= 11 is 0. The number of aryl methyl sites for hydroxylation is 2. The summed E-state index contributed by atoms with van der Waals surface area (Å²) in [6.07, 6.45) is 6.82. The lowest BCUT2D eigenvalue weighted by atomic mass is 9.86. The molecule has 1 aromatic rings. The maximum Gasteiger partial charge on any atom is 0.327 e. The maximum absolute atomic E-state index is 13.2. The van der Waals surface area contributed by atoms with Gasteiger partial charge in [0, 0.05) is 32.0 Å². The molecule has 3 amide bonds. The normalized spacial score (nSPS) is 20.0. The quantitative estimate of drug-likeness (QED) is 0.754. The van der Waals surface area contributed by atoms with Crippen LogP contribution in [0.2, 0.25) is 0 Å². The molecule has 0 unspecified atom stereocenters. The molecule has 0 radical (unpaired) electrons. The van der Waals surface area contributed by atoms with Gasteiger partial charge in [-0.1, -0.05) is 13.8 Å². The molecule has 1 spiro atoms. The van der Waals surface area contributed by atoms with Crippen LogP contribution in [-0.4, -0.2) is 63.0 Å². The minimum absolute atomic E-state index is 0.00936. The van der Waals surface area contributed by atoms with E-state index in [-0.39, 0.29) is 11.9 Å². The molecule has 1 N–H and O–H groups in total. The second kappa shape index (κ2) is 7.78. The van der Waals surface area contributed by atoms with Gasteiger partial charge in [-0.05, 0) is 51.6 Å². The van der Waals surface area contributed by atoms with Crippen molar-refractivity contribution in [2.24, 2.45) is 5.92 Å². The first-order valence-electron chi connectivity index (χ1n) is 9.78. The van der Waals surface area contributed by atoms with Gasteiger partial charge in [0.25, 0.3) is 5.91 Å². The molecule has 2 saturated heterocycles. The predicted molar refractivity (Wildman–Crippen MR) is 99.7 cm³/mol. The number of urea groups is 1. The lowest BCUT2D eigenvalue weighted by molar-refractivity contribution is -0.134. The van der Waals surface area contributed by atoms with Crippen molar-refractivity contribution < 1.29 is 9.59 Å². The van der Waals surface area contributed by atoms with Gasteiger partial charge in [0.05, 0.1) is 0 Å². The van der Waals surface area contributed by atoms with E-state index in [0.717, 1.165) is 38.3 Å². The van der Waals surface area contributed by atoms with Gasteiger partial charge in [-0.25, -0.2) is 9.78 Å². The molecular formula is C19H31N5O2. The van der Waals surface area contributed by atoms with Gasteiger partial charge in [0.2, 0.25) is 0 Å². The van der Waals surface area contributed by atoms with Crippen LogP contribution in [0.4, 0.5) is 4.79 Å². The van der Waals surface area contributed by atoms with Gasteiger partial charge in [0.1, 0.15) is 11.4 Å². The van der Waals surface area contributed by atoms with Crippen molar-refractivity contribution in [3.05, 3.63) is 18.2 Å². The molecule has 0 aliphatic carbocycles. The van der Waals surface area contributed by atoms with Gasteiger partial charge in [-0.3, -0.25) is 9.69 Å². The van der Waals surface area contributed by atoms with Crippen molar-refractivity contribution in [1.82, 2.24) is 24.7 Å². The molecule has 3 heterocycles. The molecule has 0 saturated carbocycles. The fraction of sp³-hybridized carbons (Fsp3) is 0.737. The average molecular weight is 361 g/mol. The molecule has 2 aliphatic heterocycles. The summed E-state index contributed by atoms with van der Waals surface area (Å²) < 4.78 is 2.06. The van der Waals surface area contributed by atoms with Crippen molar-refractivity contribution in [3.8, 4) is 0 Å². The number of imidazole rings is 1. The number of carbonyl (C=O) groups excluding carboxylic acids is 2. The van der Waals surface area contributed by atoms with Gasteiger partial charge in [-0.2, -0.15) is 0 Å². The Labute approximate surface area is 155 Å². The molecule has 0 atom stereocenters. The summed E-state index contributed by atoms with van der Waals surface area (Å²) in [5.41, 5.74) is -0.623. The smallest absolute Gasteiger partial charge is 0.327 e. The van der Waals surface area contributed by atoms with Gasteiger partial charge in [-0.15, -0.1) is 0 Å². The molecule has 0 aromatic carbocycles. The van der Waals surface area contributed by atoms with E-state index in [1.807, 2.05) is 18.0 Å². The molecular weight excluding hydrogens is 330 g/mol. The van der Waals surface area contributed by atoms with Crippen LogP contribution >= 0.6 is 0 Å². The zero-order valence-corrected chi connectivity index (χ0v) is 16.2. The van der Waals surface area contributed by atoms with Crippen LogP contribution < -0.4 is 5.32 Å². The van der Waals surface area contributed by atoms with Gasteiger partial charge in [0.15, 0.2) is 0 Å². The first kappa shape index (κ1) is 18.9. The molecule has 7 heteroatoms. The zero-order chi connectivity index (χ0) is 18.7. The monoisotopic (exact) mass is 361 g/mol. The van der Waals surface area contributed by atoms with Crippen LogP contribution in [0, 0.1) is 12.8 Å². The Bertz CT molecular complexity index is 648. The molecule has 1 aromatic heterocycles. The minimum Gasteiger partial charge on any atom is -0.335 e. The number of rotatable bonds is 7. The first-order valence-corrected chi connectivity index (χ1v) is 9.78. The van der Waals surface area contributed by atoms with E-state index in [0.29, 0.717) is 31.8 Å². The molecule has 26 heavy (non-hydrogen) atoms. The largest absolute Gasteiger partial charge is 0.335 e. The van der Waals surface area contributed by atoms with E-state index >= 15 is 0 Å². The number of nitrogens with zero attached hydrogens (tertiary/aromatic N) is 4. The van der Waals surface area contributed by atoms with E-state index in [2.05, 4.69) is 28.7 Å². The van der Waals surface area contributed by atoms with Crippen molar-refractivity contribution in [1.29, 1.82) is 0 Å². The van der Waals surface area contributed by atoms with E-state index in [4.69, 9.17) is 0 Å². The Hall–Kier alpha value is -1.89. The van der Waals surface area contributed by atoms with Crippen molar-refractivity contribution in [3.63, 3.8) is 0 Å². The third kappa shape index (κ3) is 3.49. The second-order valence-electron chi connectivity index (χ2n) is 7.88. The second-order valence-corrected chi connectivity index (χ2v) is 7.88. The van der Waals surface area contributed by atoms with E-state index < -0.39 is 5.54 Å². The highest BCUT2D eigenvalue weighted by molar-refractivity contribution is 6.07. The summed E-state index contributed by atoms with van der Waals surface area (Å²) in [5.74, 6) is 1.47. The van der Waals surface area contributed by atoms with Gasteiger partial charge >= 0.3 is 6.03 Å². The molecule has 7 nitrogen and oxygen atoms in total. The number of amides is 3. The lowest BCUT2D eigenvalue weighted by Gasteiger charge is -2.38. The Morgan fingerprint density at radius 1 is 1.19 bits per heavy atom. The highest BCUT2D eigenvalue weighted by atomic mass is 16.2. The zero-order valence-electron chi connectivity index (χ0n) is 16.2.